The van der Waals surface area contributed by atoms with Gasteiger partial charge in [-0.1, -0.05) is 30.3 Å². The predicted octanol–water partition coefficient (Wildman–Crippen LogP) is 2.37. The maximum atomic E-state index is 13.4. The molecule has 0 aliphatic rings. The van der Waals surface area contributed by atoms with Gasteiger partial charge in [0, 0.05) is 6.07 Å². The van der Waals surface area contributed by atoms with Crippen LogP contribution in [0, 0.1) is 11.6 Å². The summed E-state index contributed by atoms with van der Waals surface area (Å²) in [7, 11) is 1.20. The number of carbonyl (C=O) groups is 2. The second kappa shape index (κ2) is 8.05. The van der Waals surface area contributed by atoms with Gasteiger partial charge in [-0.3, -0.25) is 4.79 Å². The minimum Gasteiger partial charge on any atom is -0.481 e. The zero-order valence-electron chi connectivity index (χ0n) is 12.8. The zero-order chi connectivity index (χ0) is 17.5. The fourth-order valence-corrected chi connectivity index (χ4v) is 1.98. The molecular weight excluding hydrogens is 320 g/mol. The molecule has 0 radical (unpaired) electrons. The summed E-state index contributed by atoms with van der Waals surface area (Å²) in [5, 5.41) is 2.45. The quantitative estimate of drug-likeness (QED) is 0.823. The molecule has 126 valence electrons. The number of benzene rings is 2. The smallest absolute Gasteiger partial charge is 0.333 e. The Balaban J connectivity index is 2.01. The molecule has 7 heteroatoms. The van der Waals surface area contributed by atoms with E-state index in [4.69, 9.17) is 4.74 Å². The molecule has 24 heavy (non-hydrogen) atoms. The van der Waals surface area contributed by atoms with Gasteiger partial charge >= 0.3 is 5.97 Å². The molecule has 1 amide bonds. The number of rotatable bonds is 6. The predicted molar refractivity (Wildman–Crippen MR) is 81.2 cm³/mol. The summed E-state index contributed by atoms with van der Waals surface area (Å²) in [5.41, 5.74) is 0.533. The lowest BCUT2D eigenvalue weighted by Gasteiger charge is -2.17. The molecule has 1 atom stereocenters. The number of methoxy groups -OCH3 is 1. The largest absolute Gasteiger partial charge is 0.481 e. The molecule has 0 aliphatic carbocycles. The molecule has 0 bridgehead atoms. The van der Waals surface area contributed by atoms with E-state index in [0.29, 0.717) is 11.6 Å². The van der Waals surface area contributed by atoms with Gasteiger partial charge in [0.15, 0.2) is 24.2 Å². The van der Waals surface area contributed by atoms with Crippen molar-refractivity contribution in [1.82, 2.24) is 5.32 Å². The van der Waals surface area contributed by atoms with E-state index < -0.39 is 36.2 Å². The Morgan fingerprint density at radius 1 is 1.12 bits per heavy atom. The maximum Gasteiger partial charge on any atom is 0.333 e. The minimum absolute atomic E-state index is 0.263. The molecule has 2 aromatic carbocycles. The summed E-state index contributed by atoms with van der Waals surface area (Å²) in [5.74, 6) is -3.24. The molecule has 5 nitrogen and oxygen atoms in total. The van der Waals surface area contributed by atoms with Crippen LogP contribution in [0.4, 0.5) is 8.78 Å². The van der Waals surface area contributed by atoms with Gasteiger partial charge in [-0.15, -0.1) is 0 Å². The average molecular weight is 335 g/mol. The highest BCUT2D eigenvalue weighted by atomic mass is 19.1. The average Bonchev–Trinajstić information content (AvgIpc) is 2.59. The third kappa shape index (κ3) is 4.52. The topological polar surface area (TPSA) is 64.6 Å². The van der Waals surface area contributed by atoms with Crippen LogP contribution >= 0.6 is 0 Å². The molecule has 0 aromatic heterocycles. The van der Waals surface area contributed by atoms with Crippen molar-refractivity contribution in [3.05, 3.63) is 65.7 Å². The van der Waals surface area contributed by atoms with Gasteiger partial charge in [0.2, 0.25) is 0 Å². The van der Waals surface area contributed by atoms with Crippen LogP contribution in [0.2, 0.25) is 0 Å². The Bertz CT molecular complexity index is 722. The fraction of sp³-hybridized carbons (Fsp3) is 0.176. The second-order valence-electron chi connectivity index (χ2n) is 4.80. The maximum absolute atomic E-state index is 13.4. The first kappa shape index (κ1) is 17.4. The summed E-state index contributed by atoms with van der Waals surface area (Å²) in [6, 6.07) is 10.2. The van der Waals surface area contributed by atoms with Gasteiger partial charge in [0.05, 0.1) is 7.11 Å². The van der Waals surface area contributed by atoms with E-state index in [1.807, 2.05) is 0 Å². The van der Waals surface area contributed by atoms with E-state index in [9.17, 15) is 18.4 Å². The van der Waals surface area contributed by atoms with Gasteiger partial charge in [-0.05, 0) is 17.7 Å². The highest BCUT2D eigenvalue weighted by molar-refractivity contribution is 5.86. The van der Waals surface area contributed by atoms with E-state index in [-0.39, 0.29) is 5.75 Å². The number of amides is 1. The summed E-state index contributed by atoms with van der Waals surface area (Å²) in [6.07, 6.45) is 0. The summed E-state index contributed by atoms with van der Waals surface area (Å²) in [4.78, 5) is 23.8. The van der Waals surface area contributed by atoms with Crippen molar-refractivity contribution in [2.24, 2.45) is 0 Å². The highest BCUT2D eigenvalue weighted by Gasteiger charge is 2.23. The van der Waals surface area contributed by atoms with Gasteiger partial charge < -0.3 is 14.8 Å². The number of halogens is 2. The lowest BCUT2D eigenvalue weighted by atomic mass is 10.1. The molecule has 0 saturated carbocycles. The van der Waals surface area contributed by atoms with Gasteiger partial charge in [-0.2, -0.15) is 0 Å². The Hall–Kier alpha value is -2.96. The first-order valence-corrected chi connectivity index (χ1v) is 7.01. The SMILES string of the molecule is COC(=O)[C@@H](NC(=O)COc1ccc(F)cc1F)c1ccccc1. The van der Waals surface area contributed by atoms with Crippen LogP contribution in [-0.4, -0.2) is 25.6 Å². The van der Waals surface area contributed by atoms with E-state index in [0.717, 1.165) is 12.1 Å². The Morgan fingerprint density at radius 3 is 2.46 bits per heavy atom. The number of ether oxygens (including phenoxy) is 2. The molecule has 1 N–H and O–H groups in total. The van der Waals surface area contributed by atoms with Gasteiger partial charge in [-0.25, -0.2) is 13.6 Å². The zero-order valence-corrected chi connectivity index (χ0v) is 12.8. The molecule has 0 saturated heterocycles. The van der Waals surface area contributed by atoms with Crippen molar-refractivity contribution < 1.29 is 27.8 Å². The number of carbonyl (C=O) groups excluding carboxylic acids is 2. The van der Waals surface area contributed by atoms with Crippen molar-refractivity contribution >= 4 is 11.9 Å². The van der Waals surface area contributed by atoms with Gasteiger partial charge in [0.25, 0.3) is 5.91 Å². The van der Waals surface area contributed by atoms with Crippen LogP contribution in [-0.2, 0) is 14.3 Å². The van der Waals surface area contributed by atoms with Crippen molar-refractivity contribution in [2.45, 2.75) is 6.04 Å². The number of nitrogens with one attached hydrogen (secondary N) is 1. The fourth-order valence-electron chi connectivity index (χ4n) is 1.98. The van der Waals surface area contributed by atoms with Crippen molar-refractivity contribution in [3.63, 3.8) is 0 Å². The molecule has 2 aromatic rings. The lowest BCUT2D eigenvalue weighted by Crippen LogP contribution is -2.37. The lowest BCUT2D eigenvalue weighted by molar-refractivity contribution is -0.145. The number of hydrogen-bond acceptors (Lipinski definition) is 4. The first-order chi connectivity index (χ1) is 11.5. The monoisotopic (exact) mass is 335 g/mol. The molecule has 2 rings (SSSR count). The molecule has 0 unspecified atom stereocenters. The van der Waals surface area contributed by atoms with E-state index >= 15 is 0 Å². The highest BCUT2D eigenvalue weighted by Crippen LogP contribution is 2.18. The molecule has 0 fully saturated rings. The van der Waals surface area contributed by atoms with Crippen LogP contribution in [0.5, 0.6) is 5.75 Å². The summed E-state index contributed by atoms with van der Waals surface area (Å²) in [6.45, 7) is -0.539. The van der Waals surface area contributed by atoms with Crippen molar-refractivity contribution in [3.8, 4) is 5.75 Å². The van der Waals surface area contributed by atoms with E-state index in [1.54, 1.807) is 30.3 Å². The Morgan fingerprint density at radius 2 is 1.83 bits per heavy atom. The number of esters is 1. The Kier molecular flexibility index (Phi) is 5.83. The third-order valence-electron chi connectivity index (χ3n) is 3.13. The van der Waals surface area contributed by atoms with Gasteiger partial charge in [0.1, 0.15) is 5.82 Å². The van der Waals surface area contributed by atoms with Crippen LogP contribution in [0.15, 0.2) is 48.5 Å². The van der Waals surface area contributed by atoms with E-state index in [2.05, 4.69) is 10.1 Å². The van der Waals surface area contributed by atoms with Crippen molar-refractivity contribution in [2.75, 3.05) is 13.7 Å². The Labute approximate surface area is 137 Å². The van der Waals surface area contributed by atoms with Crippen LogP contribution < -0.4 is 10.1 Å². The van der Waals surface area contributed by atoms with Crippen molar-refractivity contribution in [1.29, 1.82) is 0 Å². The molecule has 0 spiro atoms. The number of hydrogen-bond donors (Lipinski definition) is 1. The summed E-state index contributed by atoms with van der Waals surface area (Å²) < 4.78 is 35.9. The van der Waals surface area contributed by atoms with E-state index in [1.165, 1.54) is 7.11 Å². The molecule has 0 heterocycles. The second-order valence-corrected chi connectivity index (χ2v) is 4.80. The van der Waals surface area contributed by atoms with Crippen LogP contribution in [0.1, 0.15) is 11.6 Å². The summed E-state index contributed by atoms with van der Waals surface area (Å²) >= 11 is 0. The normalized spacial score (nSPS) is 11.5. The standard InChI is InChI=1S/C17H15F2NO4/c1-23-17(22)16(11-5-3-2-4-6-11)20-15(21)10-24-14-8-7-12(18)9-13(14)19/h2-9,16H,10H2,1H3,(H,20,21)/t16-/m0/s1. The third-order valence-corrected chi connectivity index (χ3v) is 3.13. The molecular formula is C17H15F2NO4. The van der Waals surface area contributed by atoms with Crippen LogP contribution in [0.3, 0.4) is 0 Å². The minimum atomic E-state index is -1.01. The molecule has 0 aliphatic heterocycles. The first-order valence-electron chi connectivity index (χ1n) is 7.01. The van der Waals surface area contributed by atoms with Crippen LogP contribution in [0.25, 0.3) is 0 Å².